The molecule has 0 aliphatic carbocycles. The molecule has 35 heavy (non-hydrogen) atoms. The zero-order valence-corrected chi connectivity index (χ0v) is 20.7. The first kappa shape index (κ1) is 24.2. The minimum absolute atomic E-state index is 0.147. The maximum Gasteiger partial charge on any atom is 0.266 e. The molecule has 1 atom stereocenters. The Morgan fingerprint density at radius 1 is 1.09 bits per heavy atom. The highest BCUT2D eigenvalue weighted by Crippen LogP contribution is 2.29. The first-order chi connectivity index (χ1) is 16.9. The average molecular weight is 483 g/mol. The van der Waals surface area contributed by atoms with E-state index >= 15 is 0 Å². The topological polar surface area (TPSA) is 79.0 Å². The molecule has 1 unspecified atom stereocenters. The lowest BCUT2D eigenvalue weighted by Crippen LogP contribution is -2.37. The Hall–Kier alpha value is -3.89. The zero-order valence-electron chi connectivity index (χ0n) is 19.9. The molecule has 0 bridgehead atoms. The SMILES string of the molecule is Cc1ccc(-n2c(SC(C)C(=O)N(CCC#N)c3ccccc3)nc3ccccc3c2=O)c(C)c1. The third kappa shape index (κ3) is 5.13. The summed E-state index contributed by atoms with van der Waals surface area (Å²) in [5.41, 5.74) is 3.94. The number of benzene rings is 3. The van der Waals surface area contributed by atoms with Crippen molar-refractivity contribution in [3.63, 3.8) is 0 Å². The molecule has 1 heterocycles. The van der Waals surface area contributed by atoms with Crippen molar-refractivity contribution in [1.82, 2.24) is 9.55 Å². The van der Waals surface area contributed by atoms with Crippen LogP contribution in [0, 0.1) is 25.2 Å². The highest BCUT2D eigenvalue weighted by atomic mass is 32.2. The molecule has 0 aliphatic heterocycles. The van der Waals surface area contributed by atoms with Gasteiger partial charge in [0.15, 0.2) is 5.16 Å². The van der Waals surface area contributed by atoms with E-state index in [1.165, 1.54) is 11.8 Å². The van der Waals surface area contributed by atoms with Crippen molar-refractivity contribution in [2.24, 2.45) is 0 Å². The van der Waals surface area contributed by atoms with Gasteiger partial charge in [-0.2, -0.15) is 5.26 Å². The number of nitrogens with zero attached hydrogens (tertiary/aromatic N) is 4. The van der Waals surface area contributed by atoms with Crippen molar-refractivity contribution in [1.29, 1.82) is 5.26 Å². The molecule has 3 aromatic carbocycles. The lowest BCUT2D eigenvalue weighted by Gasteiger charge is -2.25. The fourth-order valence-corrected chi connectivity index (χ4v) is 5.01. The van der Waals surface area contributed by atoms with Crippen molar-refractivity contribution in [3.05, 3.63) is 94.3 Å². The Balaban J connectivity index is 1.78. The van der Waals surface area contributed by atoms with Gasteiger partial charge >= 0.3 is 0 Å². The molecular formula is C28H26N4O2S. The van der Waals surface area contributed by atoms with E-state index in [9.17, 15) is 9.59 Å². The third-order valence-corrected chi connectivity index (χ3v) is 6.79. The predicted molar refractivity (Wildman–Crippen MR) is 141 cm³/mol. The summed E-state index contributed by atoms with van der Waals surface area (Å²) in [6.45, 7) is 6.07. The first-order valence-corrected chi connectivity index (χ1v) is 12.3. The van der Waals surface area contributed by atoms with Crippen LogP contribution in [-0.2, 0) is 4.79 Å². The van der Waals surface area contributed by atoms with Crippen LogP contribution in [-0.4, -0.2) is 27.3 Å². The van der Waals surface area contributed by atoms with Gasteiger partial charge in [0.1, 0.15) is 0 Å². The summed E-state index contributed by atoms with van der Waals surface area (Å²) >= 11 is 1.25. The number of nitriles is 1. The summed E-state index contributed by atoms with van der Waals surface area (Å²) in [5.74, 6) is -0.147. The number of thioether (sulfide) groups is 1. The predicted octanol–water partition coefficient (Wildman–Crippen LogP) is 5.43. The molecule has 4 aromatic rings. The molecule has 6 nitrogen and oxygen atoms in total. The quantitative estimate of drug-likeness (QED) is 0.259. The summed E-state index contributed by atoms with van der Waals surface area (Å²) in [6.07, 6.45) is 0.222. The van der Waals surface area contributed by atoms with Gasteiger partial charge in [0.05, 0.1) is 34.3 Å². The zero-order chi connectivity index (χ0) is 24.9. The van der Waals surface area contributed by atoms with Crippen molar-refractivity contribution >= 4 is 34.3 Å². The van der Waals surface area contributed by atoms with Crippen LogP contribution < -0.4 is 10.5 Å². The number of aryl methyl sites for hydroxylation is 2. The highest BCUT2D eigenvalue weighted by Gasteiger charge is 2.25. The largest absolute Gasteiger partial charge is 0.310 e. The van der Waals surface area contributed by atoms with Crippen molar-refractivity contribution in [2.45, 2.75) is 37.6 Å². The summed E-state index contributed by atoms with van der Waals surface area (Å²) < 4.78 is 1.60. The maximum atomic E-state index is 13.6. The molecule has 0 fully saturated rings. The third-order valence-electron chi connectivity index (χ3n) is 5.75. The van der Waals surface area contributed by atoms with Gasteiger partial charge in [0, 0.05) is 12.2 Å². The van der Waals surface area contributed by atoms with E-state index in [1.54, 1.807) is 15.5 Å². The van der Waals surface area contributed by atoms with Gasteiger partial charge in [-0.1, -0.05) is 59.8 Å². The average Bonchev–Trinajstić information content (AvgIpc) is 2.86. The molecule has 1 amide bonds. The second kappa shape index (κ2) is 10.6. The minimum atomic E-state index is -0.543. The van der Waals surface area contributed by atoms with Crippen molar-refractivity contribution < 1.29 is 4.79 Å². The normalized spacial score (nSPS) is 11.7. The van der Waals surface area contributed by atoms with Crippen LogP contribution in [0.3, 0.4) is 0 Å². The van der Waals surface area contributed by atoms with Crippen LogP contribution in [0.2, 0.25) is 0 Å². The second-order valence-corrected chi connectivity index (χ2v) is 9.64. The minimum Gasteiger partial charge on any atom is -0.310 e. The Labute approximate surface area is 208 Å². The molecule has 0 aliphatic rings. The summed E-state index contributed by atoms with van der Waals surface area (Å²) in [4.78, 5) is 33.6. The fourth-order valence-electron chi connectivity index (χ4n) is 4.02. The number of hydrogen-bond acceptors (Lipinski definition) is 5. The van der Waals surface area contributed by atoms with Crippen LogP contribution in [0.15, 0.2) is 82.7 Å². The Morgan fingerprint density at radius 3 is 2.51 bits per heavy atom. The number of rotatable bonds is 7. The van der Waals surface area contributed by atoms with Gasteiger partial charge in [0.2, 0.25) is 5.91 Å². The van der Waals surface area contributed by atoms with Crippen LogP contribution in [0.25, 0.3) is 16.6 Å². The van der Waals surface area contributed by atoms with Gasteiger partial charge in [-0.3, -0.25) is 14.2 Å². The van der Waals surface area contributed by atoms with E-state index in [2.05, 4.69) is 6.07 Å². The van der Waals surface area contributed by atoms with Gasteiger partial charge in [0.25, 0.3) is 5.56 Å². The van der Waals surface area contributed by atoms with Gasteiger partial charge < -0.3 is 4.90 Å². The number of hydrogen-bond donors (Lipinski definition) is 0. The lowest BCUT2D eigenvalue weighted by atomic mass is 10.1. The molecule has 0 spiro atoms. The monoisotopic (exact) mass is 482 g/mol. The summed E-state index contributed by atoms with van der Waals surface area (Å²) in [5, 5.41) is 9.55. The molecule has 0 saturated heterocycles. The van der Waals surface area contributed by atoms with Crippen LogP contribution >= 0.6 is 11.8 Å². The summed E-state index contributed by atoms with van der Waals surface area (Å²) in [6, 6.07) is 24.6. The van der Waals surface area contributed by atoms with Crippen LogP contribution in [0.5, 0.6) is 0 Å². The van der Waals surface area contributed by atoms with E-state index in [1.807, 2.05) is 87.5 Å². The molecule has 1 aromatic heterocycles. The Morgan fingerprint density at radius 2 is 1.80 bits per heavy atom. The van der Waals surface area contributed by atoms with E-state index in [4.69, 9.17) is 10.2 Å². The molecule has 7 heteroatoms. The van der Waals surface area contributed by atoms with Gasteiger partial charge in [-0.15, -0.1) is 0 Å². The highest BCUT2D eigenvalue weighted by molar-refractivity contribution is 8.00. The Bertz CT molecular complexity index is 1470. The number of anilines is 1. The van der Waals surface area contributed by atoms with E-state index < -0.39 is 5.25 Å². The van der Waals surface area contributed by atoms with Crippen LogP contribution in [0.4, 0.5) is 5.69 Å². The van der Waals surface area contributed by atoms with Crippen LogP contribution in [0.1, 0.15) is 24.5 Å². The lowest BCUT2D eigenvalue weighted by molar-refractivity contribution is -0.117. The van der Waals surface area contributed by atoms with Gasteiger partial charge in [-0.25, -0.2) is 4.98 Å². The number of amides is 1. The van der Waals surface area contributed by atoms with Crippen molar-refractivity contribution in [2.75, 3.05) is 11.4 Å². The number of fused-ring (bicyclic) bond motifs is 1. The van der Waals surface area contributed by atoms with E-state index in [0.29, 0.717) is 22.6 Å². The standard InChI is InChI=1S/C28H26N4O2S/c1-19-14-15-25(20(2)18-19)32-27(34)23-12-7-8-13-24(23)30-28(32)35-21(3)26(33)31(17-9-16-29)22-10-5-4-6-11-22/h4-8,10-15,18,21H,9,17H2,1-3H3. The molecule has 0 radical (unpaired) electrons. The smallest absolute Gasteiger partial charge is 0.266 e. The fraction of sp³-hybridized carbons (Fsp3) is 0.214. The summed E-state index contributed by atoms with van der Waals surface area (Å²) in [7, 11) is 0. The molecule has 0 N–H and O–H groups in total. The van der Waals surface area contributed by atoms with Crippen molar-refractivity contribution in [3.8, 4) is 11.8 Å². The second-order valence-electron chi connectivity index (χ2n) is 8.34. The first-order valence-electron chi connectivity index (χ1n) is 11.4. The number of aromatic nitrogens is 2. The Kier molecular flexibility index (Phi) is 7.33. The molecular weight excluding hydrogens is 456 g/mol. The number of carbonyl (C=O) groups excluding carboxylic acids is 1. The van der Waals surface area contributed by atoms with Gasteiger partial charge in [-0.05, 0) is 56.7 Å². The van der Waals surface area contributed by atoms with E-state index in [0.717, 1.165) is 22.5 Å². The maximum absolute atomic E-state index is 13.6. The number of carbonyl (C=O) groups is 1. The molecule has 4 rings (SSSR count). The molecule has 0 saturated carbocycles. The molecule has 176 valence electrons. The van der Waals surface area contributed by atoms with E-state index in [-0.39, 0.29) is 17.9 Å². The number of para-hydroxylation sites is 2.